The third-order valence-corrected chi connectivity index (χ3v) is 3.63. The molecule has 1 saturated carbocycles. The van der Waals surface area contributed by atoms with E-state index in [1.54, 1.807) is 0 Å². The van der Waals surface area contributed by atoms with Crippen molar-refractivity contribution in [3.05, 3.63) is 0 Å². The van der Waals surface area contributed by atoms with Gasteiger partial charge in [0.2, 0.25) is 0 Å². The van der Waals surface area contributed by atoms with Crippen LogP contribution in [0.4, 0.5) is 0 Å². The molecular weight excluding hydrogens is 176 g/mol. The summed E-state index contributed by atoms with van der Waals surface area (Å²) >= 11 is 0. The van der Waals surface area contributed by atoms with E-state index in [0.717, 1.165) is 25.9 Å². The van der Waals surface area contributed by atoms with Gasteiger partial charge in [0.15, 0.2) is 0 Å². The lowest BCUT2D eigenvalue weighted by molar-refractivity contribution is -0.0340. The number of hydrogen-bond acceptors (Lipinski definition) is 3. The lowest BCUT2D eigenvalue weighted by atomic mass is 9.80. The minimum absolute atomic E-state index is 0.367. The summed E-state index contributed by atoms with van der Waals surface area (Å²) in [6.07, 6.45) is 5.55. The third-order valence-electron chi connectivity index (χ3n) is 3.63. The molecule has 0 aromatic carbocycles. The van der Waals surface area contributed by atoms with E-state index in [4.69, 9.17) is 0 Å². The molecule has 2 aliphatic rings. The summed E-state index contributed by atoms with van der Waals surface area (Å²) in [5.41, 5.74) is -0.367. The van der Waals surface area contributed by atoms with Gasteiger partial charge in [-0.1, -0.05) is 0 Å². The zero-order valence-electron chi connectivity index (χ0n) is 9.05. The molecule has 3 nitrogen and oxygen atoms in total. The van der Waals surface area contributed by atoms with Gasteiger partial charge in [0.1, 0.15) is 0 Å². The van der Waals surface area contributed by atoms with Crippen molar-refractivity contribution in [1.82, 2.24) is 10.6 Å². The lowest BCUT2D eigenvalue weighted by Gasteiger charge is -2.39. The van der Waals surface area contributed by atoms with Crippen molar-refractivity contribution in [2.24, 2.45) is 0 Å². The number of rotatable bonds is 3. The molecule has 0 radical (unpaired) electrons. The first-order valence-electron chi connectivity index (χ1n) is 5.87. The van der Waals surface area contributed by atoms with Crippen molar-refractivity contribution in [3.8, 4) is 0 Å². The Balaban J connectivity index is 1.69. The van der Waals surface area contributed by atoms with Crippen LogP contribution in [0.5, 0.6) is 0 Å². The Kier molecular flexibility index (Phi) is 3.10. The van der Waals surface area contributed by atoms with Crippen LogP contribution in [-0.4, -0.2) is 35.9 Å². The fraction of sp³-hybridized carbons (Fsp3) is 1.00. The SMILES string of the molecule is CC1CC(NCC2(O)CCC2)CCN1. The average molecular weight is 198 g/mol. The van der Waals surface area contributed by atoms with Crippen LogP contribution >= 0.6 is 0 Å². The quantitative estimate of drug-likeness (QED) is 0.623. The van der Waals surface area contributed by atoms with Crippen molar-refractivity contribution in [1.29, 1.82) is 0 Å². The minimum atomic E-state index is -0.367. The normalized spacial score (nSPS) is 36.4. The molecule has 2 atom stereocenters. The molecule has 3 heteroatoms. The Morgan fingerprint density at radius 3 is 2.86 bits per heavy atom. The zero-order valence-corrected chi connectivity index (χ0v) is 9.05. The Morgan fingerprint density at radius 2 is 2.29 bits per heavy atom. The largest absolute Gasteiger partial charge is 0.389 e. The Bertz CT molecular complexity index is 192. The topological polar surface area (TPSA) is 44.3 Å². The maximum Gasteiger partial charge on any atom is 0.0771 e. The number of nitrogens with one attached hydrogen (secondary N) is 2. The summed E-state index contributed by atoms with van der Waals surface area (Å²) in [7, 11) is 0. The van der Waals surface area contributed by atoms with Crippen molar-refractivity contribution < 1.29 is 5.11 Å². The van der Waals surface area contributed by atoms with Crippen molar-refractivity contribution in [2.75, 3.05) is 13.1 Å². The first kappa shape index (κ1) is 10.4. The predicted octanol–water partition coefficient (Wildman–Crippen LogP) is 0.631. The van der Waals surface area contributed by atoms with Crippen LogP contribution in [0, 0.1) is 0 Å². The van der Waals surface area contributed by atoms with Crippen molar-refractivity contribution in [3.63, 3.8) is 0 Å². The lowest BCUT2D eigenvalue weighted by Crippen LogP contribution is -2.52. The smallest absolute Gasteiger partial charge is 0.0771 e. The van der Waals surface area contributed by atoms with E-state index in [2.05, 4.69) is 17.6 Å². The highest BCUT2D eigenvalue weighted by Gasteiger charge is 2.34. The van der Waals surface area contributed by atoms with Crippen molar-refractivity contribution in [2.45, 2.75) is 56.7 Å². The van der Waals surface area contributed by atoms with Crippen molar-refractivity contribution >= 4 is 0 Å². The van der Waals surface area contributed by atoms with Crippen LogP contribution in [0.15, 0.2) is 0 Å². The maximum atomic E-state index is 9.93. The molecule has 0 bridgehead atoms. The van der Waals surface area contributed by atoms with Gasteiger partial charge in [-0.3, -0.25) is 0 Å². The molecule has 0 amide bonds. The monoisotopic (exact) mass is 198 g/mol. The summed E-state index contributed by atoms with van der Waals surface area (Å²) < 4.78 is 0. The summed E-state index contributed by atoms with van der Waals surface area (Å²) in [5.74, 6) is 0. The minimum Gasteiger partial charge on any atom is -0.389 e. The summed E-state index contributed by atoms with van der Waals surface area (Å²) in [6.45, 7) is 4.13. The van der Waals surface area contributed by atoms with E-state index in [0.29, 0.717) is 12.1 Å². The van der Waals surface area contributed by atoms with Gasteiger partial charge in [-0.05, 0) is 45.6 Å². The molecule has 1 aliphatic heterocycles. The Hall–Kier alpha value is -0.120. The highest BCUT2D eigenvalue weighted by molar-refractivity contribution is 4.91. The molecule has 2 fully saturated rings. The van der Waals surface area contributed by atoms with Gasteiger partial charge in [-0.25, -0.2) is 0 Å². The van der Waals surface area contributed by atoms with Crippen LogP contribution in [0.1, 0.15) is 39.0 Å². The van der Waals surface area contributed by atoms with E-state index in [1.807, 2.05) is 0 Å². The molecule has 0 aromatic rings. The first-order chi connectivity index (χ1) is 6.68. The highest BCUT2D eigenvalue weighted by Crippen LogP contribution is 2.30. The van der Waals surface area contributed by atoms with Gasteiger partial charge in [0.25, 0.3) is 0 Å². The third kappa shape index (κ3) is 2.47. The van der Waals surface area contributed by atoms with Crippen LogP contribution in [0.3, 0.4) is 0 Å². The molecular formula is C11H22N2O. The second kappa shape index (κ2) is 4.17. The average Bonchev–Trinajstić information content (AvgIpc) is 2.12. The summed E-state index contributed by atoms with van der Waals surface area (Å²) in [6, 6.07) is 1.23. The second-order valence-corrected chi connectivity index (χ2v) is 5.04. The maximum absolute atomic E-state index is 9.93. The van der Waals surface area contributed by atoms with Gasteiger partial charge in [-0.2, -0.15) is 0 Å². The molecule has 14 heavy (non-hydrogen) atoms. The van der Waals surface area contributed by atoms with Gasteiger partial charge < -0.3 is 15.7 Å². The number of aliphatic hydroxyl groups is 1. The molecule has 1 aliphatic carbocycles. The predicted molar refractivity (Wildman–Crippen MR) is 57.3 cm³/mol. The summed E-state index contributed by atoms with van der Waals surface area (Å²) in [4.78, 5) is 0. The molecule has 82 valence electrons. The zero-order chi connectivity index (χ0) is 10.0. The number of piperidine rings is 1. The fourth-order valence-electron chi connectivity index (χ4n) is 2.41. The van der Waals surface area contributed by atoms with Gasteiger partial charge in [0.05, 0.1) is 5.60 Å². The van der Waals surface area contributed by atoms with Crippen LogP contribution in [-0.2, 0) is 0 Å². The Labute approximate surface area is 86.3 Å². The van der Waals surface area contributed by atoms with Gasteiger partial charge >= 0.3 is 0 Å². The van der Waals surface area contributed by atoms with E-state index < -0.39 is 0 Å². The molecule has 1 heterocycles. The molecule has 2 unspecified atom stereocenters. The molecule has 0 spiro atoms. The molecule has 1 saturated heterocycles. The standard InChI is InChI=1S/C11H22N2O/c1-9-7-10(3-6-12-9)13-8-11(14)4-2-5-11/h9-10,12-14H,2-8H2,1H3. The fourth-order valence-corrected chi connectivity index (χ4v) is 2.41. The van der Waals surface area contributed by atoms with Crippen LogP contribution in [0.2, 0.25) is 0 Å². The second-order valence-electron chi connectivity index (χ2n) is 5.04. The van der Waals surface area contributed by atoms with Crippen LogP contribution in [0.25, 0.3) is 0 Å². The van der Waals surface area contributed by atoms with Gasteiger partial charge in [0, 0.05) is 18.6 Å². The highest BCUT2D eigenvalue weighted by atomic mass is 16.3. The summed E-state index contributed by atoms with van der Waals surface area (Å²) in [5, 5.41) is 16.9. The van der Waals surface area contributed by atoms with E-state index in [-0.39, 0.29) is 5.60 Å². The van der Waals surface area contributed by atoms with Gasteiger partial charge in [-0.15, -0.1) is 0 Å². The van der Waals surface area contributed by atoms with E-state index in [9.17, 15) is 5.11 Å². The first-order valence-corrected chi connectivity index (χ1v) is 5.87. The molecule has 2 rings (SSSR count). The molecule has 0 aromatic heterocycles. The number of hydrogen-bond donors (Lipinski definition) is 3. The Morgan fingerprint density at radius 1 is 1.50 bits per heavy atom. The molecule has 3 N–H and O–H groups in total. The van der Waals surface area contributed by atoms with Crippen LogP contribution < -0.4 is 10.6 Å². The van der Waals surface area contributed by atoms with E-state index in [1.165, 1.54) is 19.3 Å². The van der Waals surface area contributed by atoms with E-state index >= 15 is 0 Å².